The van der Waals surface area contributed by atoms with Crippen LogP contribution in [0.1, 0.15) is 60.2 Å². The summed E-state index contributed by atoms with van der Waals surface area (Å²) >= 11 is 1.90. The number of piperidine rings is 1. The lowest BCUT2D eigenvalue weighted by Crippen LogP contribution is -2.33. The van der Waals surface area contributed by atoms with Gasteiger partial charge < -0.3 is 4.74 Å². The van der Waals surface area contributed by atoms with Crippen LogP contribution in [0, 0.1) is 0 Å². The maximum Gasteiger partial charge on any atom is 0.343 e. The van der Waals surface area contributed by atoms with Gasteiger partial charge in [-0.2, -0.15) is 5.10 Å². The van der Waals surface area contributed by atoms with E-state index in [0.29, 0.717) is 18.6 Å². The van der Waals surface area contributed by atoms with Gasteiger partial charge in [-0.3, -0.25) is 9.47 Å². The minimum absolute atomic E-state index is 0.0832. The Morgan fingerprint density at radius 3 is 2.88 bits per heavy atom. The number of likely N-dealkylation sites (tertiary alicyclic amines) is 1. The van der Waals surface area contributed by atoms with Gasteiger partial charge in [-0.05, 0) is 57.8 Å². The zero-order valence-electron chi connectivity index (χ0n) is 14.7. The highest BCUT2D eigenvalue weighted by Gasteiger charge is 2.26. The number of aromatic nitrogens is 3. The molecule has 0 aliphatic carbocycles. The van der Waals surface area contributed by atoms with Gasteiger partial charge in [0.1, 0.15) is 5.82 Å². The van der Waals surface area contributed by atoms with E-state index in [4.69, 9.17) is 4.74 Å². The van der Waals surface area contributed by atoms with Gasteiger partial charge in [0, 0.05) is 35.4 Å². The molecule has 136 valence electrons. The molecule has 7 heteroatoms. The maximum absolute atomic E-state index is 11.8. The standard InChI is InChI=1S/C18H26N4O2S/c1-2-22-17(19-20-18(22)23)13-7-9-21(10-8-13)12-14-5-6-16(25-14)15-4-3-11-24-15/h5-6,13,15H,2-4,7-12H2,1H3,(H,20,23)/t15-/m0/s1. The van der Waals surface area contributed by atoms with Crippen molar-refractivity contribution < 1.29 is 4.74 Å². The average Bonchev–Trinajstić information content (AvgIpc) is 3.36. The Morgan fingerprint density at radius 1 is 1.32 bits per heavy atom. The fourth-order valence-corrected chi connectivity index (χ4v) is 5.11. The van der Waals surface area contributed by atoms with Crippen LogP contribution < -0.4 is 5.69 Å². The van der Waals surface area contributed by atoms with Crippen LogP contribution in [0.15, 0.2) is 16.9 Å². The summed E-state index contributed by atoms with van der Waals surface area (Å²) in [6.45, 7) is 6.72. The normalized spacial score (nSPS) is 22.7. The second-order valence-corrected chi connectivity index (χ2v) is 8.19. The van der Waals surface area contributed by atoms with Crippen LogP contribution in [0.2, 0.25) is 0 Å². The Bertz CT molecular complexity index is 751. The number of hydrogen-bond donors (Lipinski definition) is 1. The van der Waals surface area contributed by atoms with Gasteiger partial charge in [-0.1, -0.05) is 0 Å². The lowest BCUT2D eigenvalue weighted by atomic mass is 9.96. The largest absolute Gasteiger partial charge is 0.373 e. The average molecular weight is 362 g/mol. The molecule has 0 saturated carbocycles. The van der Waals surface area contributed by atoms with Crippen molar-refractivity contribution in [3.8, 4) is 0 Å². The van der Waals surface area contributed by atoms with Crippen LogP contribution in [-0.4, -0.2) is 39.4 Å². The lowest BCUT2D eigenvalue weighted by molar-refractivity contribution is 0.114. The van der Waals surface area contributed by atoms with Gasteiger partial charge in [0.05, 0.1) is 6.10 Å². The topological polar surface area (TPSA) is 63.1 Å². The first kappa shape index (κ1) is 17.0. The molecule has 25 heavy (non-hydrogen) atoms. The number of ether oxygens (including phenoxy) is 1. The van der Waals surface area contributed by atoms with Gasteiger partial charge in [0.15, 0.2) is 0 Å². The van der Waals surface area contributed by atoms with Crippen molar-refractivity contribution in [2.24, 2.45) is 0 Å². The SMILES string of the molecule is CCn1c(C2CCN(Cc3ccc([C@@H]4CCCO4)s3)CC2)n[nH]c1=O. The molecule has 2 aliphatic rings. The van der Waals surface area contributed by atoms with Gasteiger partial charge in [-0.15, -0.1) is 11.3 Å². The second kappa shape index (κ2) is 7.43. The summed E-state index contributed by atoms with van der Waals surface area (Å²) in [6.07, 6.45) is 4.80. The van der Waals surface area contributed by atoms with Crippen LogP contribution >= 0.6 is 11.3 Å². The molecular formula is C18H26N4O2S. The van der Waals surface area contributed by atoms with E-state index in [1.54, 1.807) is 4.57 Å². The van der Waals surface area contributed by atoms with Gasteiger partial charge in [-0.25, -0.2) is 9.89 Å². The van der Waals surface area contributed by atoms with Gasteiger partial charge >= 0.3 is 5.69 Å². The monoisotopic (exact) mass is 362 g/mol. The first-order valence-electron chi connectivity index (χ1n) is 9.32. The smallest absolute Gasteiger partial charge is 0.343 e. The quantitative estimate of drug-likeness (QED) is 0.888. The predicted octanol–water partition coefficient (Wildman–Crippen LogP) is 2.88. The van der Waals surface area contributed by atoms with E-state index in [9.17, 15) is 4.79 Å². The van der Waals surface area contributed by atoms with E-state index in [-0.39, 0.29) is 5.69 Å². The Balaban J connectivity index is 1.33. The van der Waals surface area contributed by atoms with E-state index in [1.807, 2.05) is 18.3 Å². The summed E-state index contributed by atoms with van der Waals surface area (Å²) in [6, 6.07) is 4.50. The Morgan fingerprint density at radius 2 is 2.16 bits per heavy atom. The van der Waals surface area contributed by atoms with Crippen molar-refractivity contribution in [2.75, 3.05) is 19.7 Å². The summed E-state index contributed by atoms with van der Waals surface area (Å²) < 4.78 is 7.56. The highest BCUT2D eigenvalue weighted by molar-refractivity contribution is 7.12. The molecule has 1 N–H and O–H groups in total. The summed E-state index contributed by atoms with van der Waals surface area (Å²) in [4.78, 5) is 17.1. The number of aromatic amines is 1. The molecule has 2 fully saturated rings. The van der Waals surface area contributed by atoms with E-state index >= 15 is 0 Å². The summed E-state index contributed by atoms with van der Waals surface area (Å²) in [5.74, 6) is 1.32. The number of rotatable bonds is 5. The fraction of sp³-hybridized carbons (Fsp3) is 0.667. The van der Waals surface area contributed by atoms with E-state index < -0.39 is 0 Å². The Hall–Kier alpha value is -1.44. The molecule has 6 nitrogen and oxygen atoms in total. The molecule has 0 unspecified atom stereocenters. The zero-order valence-corrected chi connectivity index (χ0v) is 15.6. The number of nitrogens with zero attached hydrogens (tertiary/aromatic N) is 3. The molecule has 0 spiro atoms. The third-order valence-corrected chi connectivity index (χ3v) is 6.53. The predicted molar refractivity (Wildman–Crippen MR) is 98.0 cm³/mol. The van der Waals surface area contributed by atoms with E-state index in [2.05, 4.69) is 27.2 Å². The van der Waals surface area contributed by atoms with Gasteiger partial charge in [0.25, 0.3) is 0 Å². The molecule has 0 bridgehead atoms. The minimum atomic E-state index is -0.0832. The zero-order chi connectivity index (χ0) is 17.2. The Labute approximate surface area is 151 Å². The van der Waals surface area contributed by atoms with E-state index in [1.165, 1.54) is 16.2 Å². The molecule has 2 saturated heterocycles. The first-order chi connectivity index (χ1) is 12.2. The molecule has 2 aromatic heterocycles. The molecule has 0 amide bonds. The van der Waals surface area contributed by atoms with Crippen molar-refractivity contribution in [1.29, 1.82) is 0 Å². The van der Waals surface area contributed by atoms with Crippen LogP contribution in [0.3, 0.4) is 0 Å². The summed E-state index contributed by atoms with van der Waals surface area (Å²) in [7, 11) is 0. The highest BCUT2D eigenvalue weighted by Crippen LogP contribution is 2.34. The van der Waals surface area contributed by atoms with Crippen LogP contribution in [0.4, 0.5) is 0 Å². The molecular weight excluding hydrogens is 336 g/mol. The minimum Gasteiger partial charge on any atom is -0.373 e. The lowest BCUT2D eigenvalue weighted by Gasteiger charge is -2.31. The number of thiophene rings is 1. The van der Waals surface area contributed by atoms with Crippen molar-refractivity contribution in [1.82, 2.24) is 19.7 Å². The summed E-state index contributed by atoms with van der Waals surface area (Å²) in [5, 5.41) is 6.86. The molecule has 2 aliphatic heterocycles. The fourth-order valence-electron chi connectivity index (χ4n) is 3.97. The number of H-pyrrole nitrogens is 1. The third kappa shape index (κ3) is 3.59. The van der Waals surface area contributed by atoms with Crippen molar-refractivity contribution in [3.05, 3.63) is 38.2 Å². The maximum atomic E-state index is 11.8. The molecule has 0 radical (unpaired) electrons. The molecule has 1 atom stereocenters. The van der Waals surface area contributed by atoms with Crippen molar-refractivity contribution in [3.63, 3.8) is 0 Å². The summed E-state index contributed by atoms with van der Waals surface area (Å²) in [5.41, 5.74) is -0.0832. The van der Waals surface area contributed by atoms with Crippen LogP contribution in [0.5, 0.6) is 0 Å². The van der Waals surface area contributed by atoms with Crippen molar-refractivity contribution >= 4 is 11.3 Å². The molecule has 4 heterocycles. The molecule has 4 rings (SSSR count). The molecule has 0 aromatic carbocycles. The number of nitrogens with one attached hydrogen (secondary N) is 1. The van der Waals surface area contributed by atoms with Crippen molar-refractivity contribution in [2.45, 2.75) is 57.7 Å². The van der Waals surface area contributed by atoms with Crippen LogP contribution in [-0.2, 0) is 17.8 Å². The molecule has 2 aromatic rings. The van der Waals surface area contributed by atoms with E-state index in [0.717, 1.165) is 51.3 Å². The Kier molecular flexibility index (Phi) is 5.05. The van der Waals surface area contributed by atoms with Gasteiger partial charge in [0.2, 0.25) is 0 Å². The highest BCUT2D eigenvalue weighted by atomic mass is 32.1. The van der Waals surface area contributed by atoms with Crippen LogP contribution in [0.25, 0.3) is 0 Å². The first-order valence-corrected chi connectivity index (χ1v) is 10.1. The third-order valence-electron chi connectivity index (χ3n) is 5.37. The number of hydrogen-bond acceptors (Lipinski definition) is 5. The second-order valence-electron chi connectivity index (χ2n) is 6.99.